The molecule has 1 heterocycles. The quantitative estimate of drug-likeness (QED) is 0.338. The Kier molecular flexibility index (Phi) is 6.65. The van der Waals surface area contributed by atoms with Crippen molar-refractivity contribution in [3.05, 3.63) is 63.6 Å². The van der Waals surface area contributed by atoms with Gasteiger partial charge >= 0.3 is 0 Å². The highest BCUT2D eigenvalue weighted by molar-refractivity contribution is 9.10. The summed E-state index contributed by atoms with van der Waals surface area (Å²) in [5.74, 6) is 0.672. The van der Waals surface area contributed by atoms with E-state index in [0.717, 1.165) is 21.4 Å². The van der Waals surface area contributed by atoms with E-state index in [2.05, 4.69) is 36.7 Å². The number of carbonyl (C=O) groups excluding carboxylic acids is 1. The van der Waals surface area contributed by atoms with Gasteiger partial charge in [-0.3, -0.25) is 4.79 Å². The Morgan fingerprint density at radius 2 is 2.00 bits per heavy atom. The predicted molar refractivity (Wildman–Crippen MR) is 112 cm³/mol. The minimum atomic E-state index is -0.239. The van der Waals surface area contributed by atoms with Gasteiger partial charge in [0.15, 0.2) is 11.0 Å². The van der Waals surface area contributed by atoms with Crippen LogP contribution in [0.1, 0.15) is 5.56 Å². The van der Waals surface area contributed by atoms with Crippen molar-refractivity contribution >= 4 is 51.4 Å². The topological polar surface area (TPSA) is 72.2 Å². The van der Waals surface area contributed by atoms with Crippen LogP contribution in [-0.2, 0) is 11.8 Å². The van der Waals surface area contributed by atoms with E-state index in [1.54, 1.807) is 6.07 Å². The maximum atomic E-state index is 12.0. The normalized spacial score (nSPS) is 11.1. The Labute approximate surface area is 174 Å². The second-order valence-corrected chi connectivity index (χ2v) is 7.74. The number of aromatic nitrogens is 3. The number of hydrazone groups is 1. The third-order valence-corrected chi connectivity index (χ3v) is 5.46. The number of thioether (sulfide) groups is 1. The summed E-state index contributed by atoms with van der Waals surface area (Å²) in [5.41, 5.74) is 4.17. The van der Waals surface area contributed by atoms with Gasteiger partial charge in [-0.2, -0.15) is 5.10 Å². The number of nitrogens with one attached hydrogen (secondary N) is 1. The zero-order chi connectivity index (χ0) is 19.2. The standard InChI is InChI=1S/C18H15BrClN5OS/c1-25-17(12-6-8-14(19)9-7-12)23-24-18(25)27-11-16(26)22-21-10-13-4-2-3-5-15(13)20/h2-10H,11H2,1H3,(H,22,26)/b21-10+. The van der Waals surface area contributed by atoms with Gasteiger partial charge in [-0.15, -0.1) is 10.2 Å². The van der Waals surface area contributed by atoms with Gasteiger partial charge in [-0.25, -0.2) is 5.43 Å². The molecule has 9 heteroatoms. The van der Waals surface area contributed by atoms with Crippen LogP contribution in [0, 0.1) is 0 Å². The third-order valence-electron chi connectivity index (χ3n) is 3.57. The maximum absolute atomic E-state index is 12.0. The average Bonchev–Trinajstić information content (AvgIpc) is 3.03. The van der Waals surface area contributed by atoms with Crippen LogP contribution in [0.25, 0.3) is 11.4 Å². The summed E-state index contributed by atoms with van der Waals surface area (Å²) in [6.45, 7) is 0. The summed E-state index contributed by atoms with van der Waals surface area (Å²) >= 11 is 10.7. The summed E-state index contributed by atoms with van der Waals surface area (Å²) < 4.78 is 2.85. The average molecular weight is 465 g/mol. The van der Waals surface area contributed by atoms with Crippen molar-refractivity contribution in [3.8, 4) is 11.4 Å². The zero-order valence-corrected chi connectivity index (χ0v) is 17.4. The molecule has 0 aliphatic carbocycles. The minimum Gasteiger partial charge on any atom is -0.305 e. The van der Waals surface area contributed by atoms with Gasteiger partial charge in [0.1, 0.15) is 0 Å². The molecule has 0 unspecified atom stereocenters. The minimum absolute atomic E-state index is 0.173. The molecule has 1 aromatic heterocycles. The van der Waals surface area contributed by atoms with Crippen LogP contribution in [0.2, 0.25) is 5.02 Å². The molecule has 0 radical (unpaired) electrons. The number of hydrogen-bond donors (Lipinski definition) is 1. The fourth-order valence-corrected chi connectivity index (χ4v) is 3.36. The molecular formula is C18H15BrClN5OS. The van der Waals surface area contributed by atoms with E-state index in [1.807, 2.05) is 54.1 Å². The van der Waals surface area contributed by atoms with E-state index in [9.17, 15) is 4.79 Å². The molecule has 0 saturated carbocycles. The van der Waals surface area contributed by atoms with E-state index in [4.69, 9.17) is 11.6 Å². The molecule has 3 aromatic rings. The van der Waals surface area contributed by atoms with Crippen LogP contribution in [0.15, 0.2) is 63.3 Å². The first-order valence-electron chi connectivity index (χ1n) is 7.89. The fraction of sp³-hybridized carbons (Fsp3) is 0.111. The Balaban J connectivity index is 1.56. The molecular weight excluding hydrogens is 450 g/mol. The van der Waals surface area contributed by atoms with E-state index in [0.29, 0.717) is 10.2 Å². The van der Waals surface area contributed by atoms with Gasteiger partial charge in [0.2, 0.25) is 0 Å². The van der Waals surface area contributed by atoms with E-state index in [1.165, 1.54) is 18.0 Å². The fourth-order valence-electron chi connectivity index (χ4n) is 2.21. The van der Waals surface area contributed by atoms with Gasteiger partial charge in [-0.1, -0.05) is 69.6 Å². The summed E-state index contributed by atoms with van der Waals surface area (Å²) in [5, 5.41) is 13.5. The van der Waals surface area contributed by atoms with Gasteiger partial charge in [-0.05, 0) is 18.2 Å². The SMILES string of the molecule is Cn1c(SCC(=O)N/N=C/c2ccccc2Cl)nnc1-c1ccc(Br)cc1. The van der Waals surface area contributed by atoms with E-state index < -0.39 is 0 Å². The molecule has 27 heavy (non-hydrogen) atoms. The number of benzene rings is 2. The van der Waals surface area contributed by atoms with Crippen molar-refractivity contribution < 1.29 is 4.79 Å². The van der Waals surface area contributed by atoms with Crippen LogP contribution in [0.4, 0.5) is 0 Å². The molecule has 0 atom stereocenters. The second kappa shape index (κ2) is 9.16. The van der Waals surface area contributed by atoms with Crippen molar-refractivity contribution in [2.75, 3.05) is 5.75 Å². The van der Waals surface area contributed by atoms with Crippen molar-refractivity contribution in [2.45, 2.75) is 5.16 Å². The van der Waals surface area contributed by atoms with Gasteiger partial charge in [0.05, 0.1) is 12.0 Å². The molecule has 0 aliphatic heterocycles. The van der Waals surface area contributed by atoms with Crippen LogP contribution in [-0.4, -0.2) is 32.6 Å². The van der Waals surface area contributed by atoms with Crippen molar-refractivity contribution in [2.24, 2.45) is 12.1 Å². The van der Waals surface area contributed by atoms with Crippen molar-refractivity contribution in [3.63, 3.8) is 0 Å². The Bertz CT molecular complexity index is 974. The number of nitrogens with zero attached hydrogens (tertiary/aromatic N) is 4. The number of carbonyl (C=O) groups is 1. The van der Waals surface area contributed by atoms with Crippen LogP contribution in [0.3, 0.4) is 0 Å². The first-order chi connectivity index (χ1) is 13.0. The van der Waals surface area contributed by atoms with Gasteiger partial charge in [0.25, 0.3) is 5.91 Å². The highest BCUT2D eigenvalue weighted by Gasteiger charge is 2.12. The number of amides is 1. The van der Waals surface area contributed by atoms with E-state index in [-0.39, 0.29) is 11.7 Å². The molecule has 3 rings (SSSR count). The summed E-state index contributed by atoms with van der Waals surface area (Å²) in [6, 6.07) is 15.1. The zero-order valence-electron chi connectivity index (χ0n) is 14.3. The highest BCUT2D eigenvalue weighted by atomic mass is 79.9. The van der Waals surface area contributed by atoms with Crippen LogP contribution in [0.5, 0.6) is 0 Å². The van der Waals surface area contributed by atoms with Crippen molar-refractivity contribution in [1.82, 2.24) is 20.2 Å². The van der Waals surface area contributed by atoms with Gasteiger partial charge < -0.3 is 4.57 Å². The lowest BCUT2D eigenvalue weighted by Gasteiger charge is -2.04. The molecule has 2 aromatic carbocycles. The summed E-state index contributed by atoms with van der Waals surface area (Å²) in [7, 11) is 1.87. The van der Waals surface area contributed by atoms with E-state index >= 15 is 0 Å². The lowest BCUT2D eigenvalue weighted by Crippen LogP contribution is -2.19. The Morgan fingerprint density at radius 3 is 2.74 bits per heavy atom. The third kappa shape index (κ3) is 5.18. The lowest BCUT2D eigenvalue weighted by molar-refractivity contribution is -0.118. The summed E-state index contributed by atoms with van der Waals surface area (Å²) in [4.78, 5) is 12.0. The number of rotatable bonds is 6. The highest BCUT2D eigenvalue weighted by Crippen LogP contribution is 2.23. The molecule has 0 fully saturated rings. The van der Waals surface area contributed by atoms with Gasteiger partial charge in [0, 0.05) is 27.7 Å². The maximum Gasteiger partial charge on any atom is 0.250 e. The van der Waals surface area contributed by atoms with Crippen LogP contribution >= 0.6 is 39.3 Å². The molecule has 0 bridgehead atoms. The Morgan fingerprint density at radius 1 is 1.26 bits per heavy atom. The predicted octanol–water partition coefficient (Wildman–Crippen LogP) is 4.14. The first kappa shape index (κ1) is 19.6. The lowest BCUT2D eigenvalue weighted by atomic mass is 10.2. The van der Waals surface area contributed by atoms with Crippen LogP contribution < -0.4 is 5.43 Å². The monoisotopic (exact) mass is 463 g/mol. The van der Waals surface area contributed by atoms with Crippen molar-refractivity contribution in [1.29, 1.82) is 0 Å². The summed E-state index contributed by atoms with van der Waals surface area (Å²) in [6.07, 6.45) is 1.51. The molecule has 0 spiro atoms. The smallest absolute Gasteiger partial charge is 0.250 e. The molecule has 1 amide bonds. The molecule has 6 nitrogen and oxygen atoms in total. The molecule has 0 saturated heterocycles. The first-order valence-corrected chi connectivity index (χ1v) is 10.0. The largest absolute Gasteiger partial charge is 0.305 e. The molecule has 0 aliphatic rings. The second-order valence-electron chi connectivity index (χ2n) is 5.48. The molecule has 1 N–H and O–H groups in total. The number of hydrogen-bond acceptors (Lipinski definition) is 5. The number of halogens is 2. The Hall–Kier alpha value is -2.16. The molecule has 138 valence electrons.